The number of hydrogen-bond acceptors (Lipinski definition) is 10. The van der Waals surface area contributed by atoms with Gasteiger partial charge >= 0.3 is 0 Å². The van der Waals surface area contributed by atoms with E-state index in [2.05, 4.69) is 9.97 Å². The molecule has 21 rings (SSSR count). The number of nitrogens with one attached hydrogen (secondary N) is 2. The lowest BCUT2D eigenvalue weighted by atomic mass is 9.88. The third-order valence-corrected chi connectivity index (χ3v) is 22.5. The van der Waals surface area contributed by atoms with E-state index in [4.69, 9.17) is 9.97 Å². The van der Waals surface area contributed by atoms with Crippen LogP contribution in [0, 0.1) is 0 Å². The predicted octanol–water partition coefficient (Wildman–Crippen LogP) is 24.9. The third kappa shape index (κ3) is 9.95. The standard InChI is InChI=1S/C100H62N4O8/c105-81-45-33-53-17-1-9-25-61(53)89(81)93-65-29-13-5-21-57(65)49-69(97(93)109)85-73-37-39-75(101-73)86(70-50-58-22-6-14-30-66(58)94(98(70)110)90-62-26-10-2-18-54(62)34-46-82(90)106)77-41-43-79(103-77)88(72-52-60-24-8-16-32-68(60)96(100(72)112)92-64-28-12-4-20-56(64)36-48-84(92)108)80-44-42-78(104-80)87(76-40-38-74(85)102-76)71-51-59-23-7-15-31-67(59)95(99(71)111)91-63-27-11-3-19-55(63)35-47-83(91)107/h1-52,101,104-112H. The Morgan fingerprint density at radius 2 is 0.366 bits per heavy atom. The number of phenols is 8. The molecule has 0 amide bonds. The molecule has 12 heteroatoms. The van der Waals surface area contributed by atoms with Gasteiger partial charge in [0.1, 0.15) is 46.0 Å². The number of phenolic OH excluding ortho intramolecular Hbond substituents is 8. The molecule has 3 aromatic heterocycles. The van der Waals surface area contributed by atoms with Crippen molar-refractivity contribution in [2.45, 2.75) is 0 Å². The van der Waals surface area contributed by atoms with Crippen molar-refractivity contribution >= 4 is 133 Å². The maximum absolute atomic E-state index is 13.8. The Hall–Kier alpha value is -15.4. The molecule has 0 atom stereocenters. The van der Waals surface area contributed by atoms with Gasteiger partial charge in [-0.25, -0.2) is 9.97 Å². The van der Waals surface area contributed by atoms with E-state index in [1.54, 1.807) is 24.3 Å². The Morgan fingerprint density at radius 3 is 0.580 bits per heavy atom. The average Bonchev–Trinajstić information content (AvgIpc) is 1.28. The molecule has 2 aliphatic heterocycles. The van der Waals surface area contributed by atoms with Gasteiger partial charge in [-0.15, -0.1) is 0 Å². The molecule has 5 heterocycles. The van der Waals surface area contributed by atoms with Crippen LogP contribution in [0.25, 0.3) is 222 Å². The summed E-state index contributed by atoms with van der Waals surface area (Å²) in [5.41, 5.74) is 9.67. The molecule has 19 aromatic rings. The lowest BCUT2D eigenvalue weighted by Crippen LogP contribution is -1.94. The predicted molar refractivity (Wildman–Crippen MR) is 456 cm³/mol. The molecule has 0 saturated heterocycles. The van der Waals surface area contributed by atoms with E-state index >= 15 is 0 Å². The van der Waals surface area contributed by atoms with Crippen LogP contribution in [0.2, 0.25) is 0 Å². The van der Waals surface area contributed by atoms with Crippen LogP contribution < -0.4 is 0 Å². The highest BCUT2D eigenvalue weighted by atomic mass is 16.3. The lowest BCUT2D eigenvalue weighted by Gasteiger charge is -2.18. The summed E-state index contributed by atoms with van der Waals surface area (Å²) in [6.45, 7) is 0. The summed E-state index contributed by atoms with van der Waals surface area (Å²) in [4.78, 5) is 19.2. The van der Waals surface area contributed by atoms with Crippen molar-refractivity contribution in [3.05, 3.63) is 314 Å². The van der Waals surface area contributed by atoms with E-state index in [1.807, 2.05) is 291 Å². The van der Waals surface area contributed by atoms with Gasteiger partial charge in [-0.2, -0.15) is 0 Å². The molecule has 0 aliphatic carbocycles. The molecule has 2 aliphatic rings. The first-order valence-corrected chi connectivity index (χ1v) is 36.9. The molecular weight excluding hydrogens is 1390 g/mol. The van der Waals surface area contributed by atoms with Gasteiger partial charge in [0.25, 0.3) is 0 Å². The third-order valence-electron chi connectivity index (χ3n) is 22.5. The highest BCUT2D eigenvalue weighted by Crippen LogP contribution is 2.57. The molecule has 8 bridgehead atoms. The topological polar surface area (TPSA) is 219 Å². The van der Waals surface area contributed by atoms with Gasteiger partial charge in [0.2, 0.25) is 0 Å². The molecule has 0 spiro atoms. The number of fused-ring (bicyclic) bond motifs is 16. The molecular formula is C100H62N4O8. The number of hydrogen-bond donors (Lipinski definition) is 10. The molecule has 16 aromatic carbocycles. The summed E-state index contributed by atoms with van der Waals surface area (Å²) in [6, 6.07) is 91.3. The smallest absolute Gasteiger partial charge is 0.132 e. The first-order chi connectivity index (χ1) is 54.9. The minimum atomic E-state index is -0.155. The fourth-order valence-electron chi connectivity index (χ4n) is 17.6. The Bertz CT molecular complexity index is 6750. The number of aromatic nitrogens is 4. The molecule has 12 nitrogen and oxygen atoms in total. The Labute approximate surface area is 638 Å². The van der Waals surface area contributed by atoms with Crippen molar-refractivity contribution in [3.8, 4) is 135 Å². The molecule has 530 valence electrons. The molecule has 0 unspecified atom stereocenters. The second-order valence-electron chi connectivity index (χ2n) is 28.7. The summed E-state index contributed by atoms with van der Waals surface area (Å²) in [7, 11) is 0. The van der Waals surface area contributed by atoms with E-state index in [-0.39, 0.29) is 46.0 Å². The van der Waals surface area contributed by atoms with E-state index in [9.17, 15) is 40.9 Å². The van der Waals surface area contributed by atoms with Crippen LogP contribution in [-0.2, 0) is 0 Å². The van der Waals surface area contributed by atoms with Crippen molar-refractivity contribution in [2.75, 3.05) is 0 Å². The SMILES string of the molecule is Oc1ccc2ccccc2c1-c1c(O)c(-c2c3nc(c(-c4cc5ccccc5c(-c5c(O)ccc6ccccc56)c4O)c4ccc([nH]4)c(-c4cc5ccccc5c(-c5c(O)ccc6ccccc56)c4O)c4nc(c(-c5cc6ccccc6c(-c6c(O)ccc7ccccc67)c5O)c5ccc2[nH]5)C=C4)C=C3)cc2ccccc12. The van der Waals surface area contributed by atoms with Crippen molar-refractivity contribution < 1.29 is 40.9 Å². The highest BCUT2D eigenvalue weighted by molar-refractivity contribution is 6.19. The maximum Gasteiger partial charge on any atom is 0.132 e. The van der Waals surface area contributed by atoms with Crippen LogP contribution in [0.5, 0.6) is 46.0 Å². The van der Waals surface area contributed by atoms with E-state index in [0.29, 0.717) is 177 Å². The van der Waals surface area contributed by atoms with Crippen LogP contribution in [0.3, 0.4) is 0 Å². The zero-order valence-electron chi connectivity index (χ0n) is 59.5. The van der Waals surface area contributed by atoms with Crippen molar-refractivity contribution in [3.63, 3.8) is 0 Å². The normalized spacial score (nSPS) is 12.1. The number of H-pyrrole nitrogens is 2. The van der Waals surface area contributed by atoms with Gasteiger partial charge < -0.3 is 50.8 Å². The monoisotopic (exact) mass is 1450 g/mol. The second-order valence-corrected chi connectivity index (χ2v) is 28.7. The van der Waals surface area contributed by atoms with Crippen LogP contribution in [-0.4, -0.2) is 60.8 Å². The largest absolute Gasteiger partial charge is 0.507 e. The van der Waals surface area contributed by atoms with Gasteiger partial charge in [-0.3, -0.25) is 0 Å². The first-order valence-electron chi connectivity index (χ1n) is 36.9. The van der Waals surface area contributed by atoms with Crippen LogP contribution in [0.15, 0.2) is 291 Å². The molecule has 0 radical (unpaired) electrons. The number of aromatic amines is 2. The average molecular weight is 1450 g/mol. The minimum absolute atomic E-state index is 0.0425. The number of nitrogens with zero attached hydrogens (tertiary/aromatic N) is 2. The lowest BCUT2D eigenvalue weighted by molar-refractivity contribution is 0.471. The Morgan fingerprint density at radius 1 is 0.179 bits per heavy atom. The molecule has 0 fully saturated rings. The zero-order chi connectivity index (χ0) is 75.3. The number of rotatable bonds is 8. The quantitative estimate of drug-likeness (QED) is 0.0694. The van der Waals surface area contributed by atoms with Gasteiger partial charge in [-0.1, -0.05) is 218 Å². The Balaban J connectivity index is 0.953. The van der Waals surface area contributed by atoms with Crippen molar-refractivity contribution in [2.24, 2.45) is 0 Å². The Kier molecular flexibility index (Phi) is 14.6. The first kappa shape index (κ1) is 64.9. The van der Waals surface area contributed by atoms with Crippen molar-refractivity contribution in [1.82, 2.24) is 19.9 Å². The van der Waals surface area contributed by atoms with Crippen LogP contribution >= 0.6 is 0 Å². The molecule has 112 heavy (non-hydrogen) atoms. The maximum atomic E-state index is 13.8. The number of benzene rings is 16. The van der Waals surface area contributed by atoms with E-state index in [1.165, 1.54) is 0 Å². The van der Waals surface area contributed by atoms with Gasteiger partial charge in [-0.05, 0) is 183 Å². The highest BCUT2D eigenvalue weighted by Gasteiger charge is 2.31. The van der Waals surface area contributed by atoms with E-state index in [0.717, 1.165) is 43.1 Å². The van der Waals surface area contributed by atoms with Crippen LogP contribution in [0.4, 0.5) is 0 Å². The van der Waals surface area contributed by atoms with Crippen molar-refractivity contribution in [1.29, 1.82) is 0 Å². The van der Waals surface area contributed by atoms with Gasteiger partial charge in [0, 0.05) is 111 Å². The van der Waals surface area contributed by atoms with E-state index < -0.39 is 0 Å². The summed E-state index contributed by atoms with van der Waals surface area (Å²) in [6.07, 6.45) is 7.53. The summed E-state index contributed by atoms with van der Waals surface area (Å²) >= 11 is 0. The van der Waals surface area contributed by atoms with Gasteiger partial charge in [0.05, 0.1) is 22.8 Å². The second kappa shape index (κ2) is 25.1. The number of aromatic hydroxyl groups is 8. The summed E-state index contributed by atoms with van der Waals surface area (Å²) in [5.74, 6) is -0.791. The zero-order valence-corrected chi connectivity index (χ0v) is 59.5. The molecule has 10 N–H and O–H groups in total. The molecule has 0 saturated carbocycles. The fraction of sp³-hybridized carbons (Fsp3) is 0. The minimum Gasteiger partial charge on any atom is -0.507 e. The summed E-state index contributed by atoms with van der Waals surface area (Å²) < 4.78 is 0. The summed E-state index contributed by atoms with van der Waals surface area (Å²) in [5, 5.41) is 116. The fourth-order valence-corrected chi connectivity index (χ4v) is 17.6. The van der Waals surface area contributed by atoms with Crippen LogP contribution in [0.1, 0.15) is 22.8 Å². The van der Waals surface area contributed by atoms with Gasteiger partial charge in [0.15, 0.2) is 0 Å².